The lowest BCUT2D eigenvalue weighted by Gasteiger charge is -2.30. The first-order valence-corrected chi connectivity index (χ1v) is 11.9. The zero-order valence-electron chi connectivity index (χ0n) is 20.0. The molecule has 2 fully saturated rings. The third kappa shape index (κ3) is 7.91. The normalized spacial score (nSPS) is 25.5. The molecule has 5 atom stereocenters. The van der Waals surface area contributed by atoms with Crippen molar-refractivity contribution in [2.45, 2.75) is 83.6 Å². The van der Waals surface area contributed by atoms with Crippen LogP contribution in [0.1, 0.15) is 46.1 Å². The number of carbonyl (C=O) groups excluding carboxylic acids is 4. The smallest absolute Gasteiger partial charge is 0.313 e. The van der Waals surface area contributed by atoms with Crippen molar-refractivity contribution in [3.05, 3.63) is 34.3 Å². The molecule has 0 spiro atoms. The first-order valence-electron chi connectivity index (χ1n) is 11.1. The minimum absolute atomic E-state index is 0.197. The summed E-state index contributed by atoms with van der Waals surface area (Å²) in [6.45, 7) is 5.79. The van der Waals surface area contributed by atoms with Crippen LogP contribution in [0.2, 0.25) is 0 Å². The van der Waals surface area contributed by atoms with Crippen molar-refractivity contribution >= 4 is 39.4 Å². The van der Waals surface area contributed by atoms with Gasteiger partial charge in [0.05, 0.1) is 6.61 Å². The first kappa shape index (κ1) is 27.4. The van der Waals surface area contributed by atoms with Gasteiger partial charge >= 0.3 is 11.9 Å². The fourth-order valence-corrected chi connectivity index (χ4v) is 4.07. The summed E-state index contributed by atoms with van der Waals surface area (Å²) < 4.78 is 35.6. The standard InChI is InChI=1S/C24H29BrO10/c1-13(26)9-18(28)30-12-17(32-19(29)10-14(2)27)20-21(22-23(33-20)35-24(3,4)34-22)31-11-15-5-7-16(25)8-6-15/h5-8,17,20-23H,9-12H2,1-4H3/t17-,20-,21+,22-,23-/m1/s1. The predicted octanol–water partition coefficient (Wildman–Crippen LogP) is 2.62. The summed E-state index contributed by atoms with van der Waals surface area (Å²) in [5, 5.41) is 0. The molecule has 35 heavy (non-hydrogen) atoms. The van der Waals surface area contributed by atoms with Gasteiger partial charge < -0.3 is 28.4 Å². The van der Waals surface area contributed by atoms with E-state index in [-0.39, 0.29) is 18.2 Å². The van der Waals surface area contributed by atoms with Crippen LogP contribution in [-0.2, 0) is 54.2 Å². The minimum Gasteiger partial charge on any atom is -0.461 e. The Morgan fingerprint density at radius 3 is 2.26 bits per heavy atom. The number of benzene rings is 1. The van der Waals surface area contributed by atoms with Gasteiger partial charge in [-0.25, -0.2) is 0 Å². The molecular weight excluding hydrogens is 528 g/mol. The van der Waals surface area contributed by atoms with Crippen molar-refractivity contribution in [1.29, 1.82) is 0 Å². The van der Waals surface area contributed by atoms with Gasteiger partial charge in [0, 0.05) is 4.47 Å². The zero-order valence-corrected chi connectivity index (χ0v) is 21.6. The van der Waals surface area contributed by atoms with Gasteiger partial charge in [0.1, 0.15) is 49.3 Å². The van der Waals surface area contributed by atoms with Crippen LogP contribution in [0.25, 0.3) is 0 Å². The fraction of sp³-hybridized carbons (Fsp3) is 0.583. The van der Waals surface area contributed by atoms with Gasteiger partial charge in [-0.15, -0.1) is 0 Å². The molecule has 11 heteroatoms. The van der Waals surface area contributed by atoms with Crippen LogP contribution in [0.3, 0.4) is 0 Å². The van der Waals surface area contributed by atoms with Gasteiger partial charge in [0.15, 0.2) is 18.2 Å². The Hall–Kier alpha value is -2.18. The van der Waals surface area contributed by atoms with Crippen LogP contribution in [0.5, 0.6) is 0 Å². The van der Waals surface area contributed by atoms with Crippen molar-refractivity contribution in [2.75, 3.05) is 6.61 Å². The summed E-state index contributed by atoms with van der Waals surface area (Å²) in [6, 6.07) is 7.53. The van der Waals surface area contributed by atoms with Gasteiger partial charge in [-0.3, -0.25) is 19.2 Å². The second-order valence-electron chi connectivity index (χ2n) is 8.94. The van der Waals surface area contributed by atoms with E-state index in [1.165, 1.54) is 13.8 Å². The second-order valence-corrected chi connectivity index (χ2v) is 9.86. The molecule has 192 valence electrons. The summed E-state index contributed by atoms with van der Waals surface area (Å²) in [5.41, 5.74) is 0.881. The van der Waals surface area contributed by atoms with Crippen LogP contribution in [0.15, 0.2) is 28.7 Å². The fourth-order valence-electron chi connectivity index (χ4n) is 3.81. The summed E-state index contributed by atoms with van der Waals surface area (Å²) in [5.74, 6) is -3.26. The van der Waals surface area contributed by atoms with Gasteiger partial charge in [-0.2, -0.15) is 0 Å². The summed E-state index contributed by atoms with van der Waals surface area (Å²) in [4.78, 5) is 46.9. The number of ketones is 2. The molecule has 0 bridgehead atoms. The van der Waals surface area contributed by atoms with Crippen molar-refractivity contribution in [3.8, 4) is 0 Å². The van der Waals surface area contributed by atoms with E-state index < -0.39 is 67.9 Å². The lowest BCUT2D eigenvalue weighted by molar-refractivity contribution is -0.236. The molecule has 0 aliphatic carbocycles. The molecule has 0 N–H and O–H groups in total. The number of rotatable bonds is 11. The largest absolute Gasteiger partial charge is 0.461 e. The highest BCUT2D eigenvalue weighted by Crippen LogP contribution is 2.40. The van der Waals surface area contributed by atoms with E-state index in [2.05, 4.69) is 15.9 Å². The molecule has 0 aromatic heterocycles. The van der Waals surface area contributed by atoms with Gasteiger partial charge in [-0.1, -0.05) is 28.1 Å². The Kier molecular flexibility index (Phi) is 9.16. The van der Waals surface area contributed by atoms with Crippen molar-refractivity contribution in [2.24, 2.45) is 0 Å². The van der Waals surface area contributed by atoms with E-state index in [9.17, 15) is 19.2 Å². The zero-order chi connectivity index (χ0) is 25.8. The van der Waals surface area contributed by atoms with Crippen molar-refractivity contribution < 1.29 is 47.6 Å². The maximum absolute atomic E-state index is 12.3. The van der Waals surface area contributed by atoms with Crippen LogP contribution in [-0.4, -0.2) is 66.6 Å². The van der Waals surface area contributed by atoms with Crippen LogP contribution < -0.4 is 0 Å². The highest BCUT2D eigenvalue weighted by molar-refractivity contribution is 9.10. The lowest BCUT2D eigenvalue weighted by atomic mass is 10.1. The Bertz CT molecular complexity index is 944. The molecule has 0 unspecified atom stereocenters. The molecule has 2 saturated heterocycles. The molecule has 2 heterocycles. The summed E-state index contributed by atoms with van der Waals surface area (Å²) in [6.07, 6.45) is -5.16. The molecule has 2 aliphatic rings. The molecule has 1 aromatic carbocycles. The number of fused-ring (bicyclic) bond motifs is 1. The SMILES string of the molecule is CC(=O)CC(=O)OC[C@@H](OC(=O)CC(C)=O)[C@H]1O[C@@H]2OC(C)(C)O[C@@H]2[C@H]1OCc1ccc(Br)cc1. The number of halogens is 1. The average molecular weight is 557 g/mol. The number of Topliss-reactive ketones (excluding diaryl/α,β-unsaturated/α-hetero) is 2. The Morgan fingerprint density at radius 1 is 1.00 bits per heavy atom. The maximum atomic E-state index is 12.3. The second kappa shape index (κ2) is 11.7. The van der Waals surface area contributed by atoms with Crippen LogP contribution in [0, 0.1) is 0 Å². The quantitative estimate of drug-likeness (QED) is 0.296. The van der Waals surface area contributed by atoms with E-state index in [0.29, 0.717) is 0 Å². The third-order valence-electron chi connectivity index (χ3n) is 5.23. The van der Waals surface area contributed by atoms with Crippen molar-refractivity contribution in [1.82, 2.24) is 0 Å². The molecule has 3 rings (SSSR count). The Labute approximate surface area is 211 Å². The predicted molar refractivity (Wildman–Crippen MR) is 123 cm³/mol. The van der Waals surface area contributed by atoms with Gasteiger partial charge in [0.25, 0.3) is 0 Å². The Balaban J connectivity index is 1.79. The van der Waals surface area contributed by atoms with Crippen LogP contribution >= 0.6 is 15.9 Å². The molecular formula is C24H29BrO10. The first-order chi connectivity index (χ1) is 16.4. The highest BCUT2D eigenvalue weighted by atomic mass is 79.9. The van der Waals surface area contributed by atoms with Gasteiger partial charge in [-0.05, 0) is 45.4 Å². The maximum Gasteiger partial charge on any atom is 0.313 e. The summed E-state index contributed by atoms with van der Waals surface area (Å²) >= 11 is 3.39. The van der Waals surface area contributed by atoms with E-state index in [4.69, 9.17) is 28.4 Å². The number of carbonyl (C=O) groups is 4. The average Bonchev–Trinajstić information content (AvgIpc) is 3.21. The number of hydrogen-bond acceptors (Lipinski definition) is 10. The molecule has 0 saturated carbocycles. The van der Waals surface area contributed by atoms with E-state index in [1.807, 2.05) is 24.3 Å². The molecule has 1 aromatic rings. The van der Waals surface area contributed by atoms with Crippen molar-refractivity contribution in [3.63, 3.8) is 0 Å². The van der Waals surface area contributed by atoms with Crippen LogP contribution in [0.4, 0.5) is 0 Å². The topological polar surface area (TPSA) is 124 Å². The Morgan fingerprint density at radius 2 is 1.63 bits per heavy atom. The van der Waals surface area contributed by atoms with E-state index >= 15 is 0 Å². The monoisotopic (exact) mass is 556 g/mol. The number of hydrogen-bond donors (Lipinski definition) is 0. The molecule has 0 amide bonds. The van der Waals surface area contributed by atoms with E-state index in [0.717, 1.165) is 10.0 Å². The highest BCUT2D eigenvalue weighted by Gasteiger charge is 2.58. The minimum atomic E-state index is -1.13. The van der Waals surface area contributed by atoms with Gasteiger partial charge in [0.2, 0.25) is 0 Å². The molecule has 0 radical (unpaired) electrons. The molecule has 10 nitrogen and oxygen atoms in total. The number of esters is 2. The number of ether oxygens (including phenoxy) is 6. The van der Waals surface area contributed by atoms with E-state index in [1.54, 1.807) is 13.8 Å². The summed E-state index contributed by atoms with van der Waals surface area (Å²) in [7, 11) is 0. The lowest BCUT2D eigenvalue weighted by Crippen LogP contribution is -2.46. The third-order valence-corrected chi connectivity index (χ3v) is 5.76. The molecule has 2 aliphatic heterocycles.